The summed E-state index contributed by atoms with van der Waals surface area (Å²) in [4.78, 5) is 18.0. The molecule has 0 unspecified atom stereocenters. The molecule has 0 saturated heterocycles. The molecule has 0 aliphatic heterocycles. The number of carbonyl (C=O) groups excluding carboxylic acids is 1. The van der Waals surface area contributed by atoms with Gasteiger partial charge in [0.05, 0.1) is 12.6 Å². The summed E-state index contributed by atoms with van der Waals surface area (Å²) in [6.45, 7) is 8.15. The normalized spacial score (nSPS) is 12.4. The van der Waals surface area contributed by atoms with Crippen LogP contribution in [-0.4, -0.2) is 42.9 Å². The molecule has 0 bridgehead atoms. The third-order valence-corrected chi connectivity index (χ3v) is 3.42. The predicted molar refractivity (Wildman–Crippen MR) is 82.5 cm³/mol. The fourth-order valence-corrected chi connectivity index (χ4v) is 2.10. The Morgan fingerprint density at radius 2 is 2.17 bits per heavy atom. The fraction of sp³-hybridized carbons (Fsp3) is 0.643. The number of nitrogens with one attached hydrogen (secondary N) is 1. The van der Waals surface area contributed by atoms with E-state index in [1.807, 2.05) is 32.3 Å². The van der Waals surface area contributed by atoms with Gasteiger partial charge in [0.15, 0.2) is 11.6 Å². The minimum absolute atomic E-state index is 0.226. The van der Waals surface area contributed by atoms with Gasteiger partial charge >= 0.3 is 6.03 Å². The number of urea groups is 1. The van der Waals surface area contributed by atoms with Crippen LogP contribution < -0.4 is 5.32 Å². The van der Waals surface area contributed by atoms with Gasteiger partial charge < -0.3 is 19.3 Å². The molecule has 0 aliphatic carbocycles. The molecular formula is C14H23N7O2. The number of aromatic nitrogens is 5. The zero-order valence-electron chi connectivity index (χ0n) is 14.1. The highest BCUT2D eigenvalue weighted by atomic mass is 16.5. The molecule has 0 spiro atoms. The van der Waals surface area contributed by atoms with Crippen molar-refractivity contribution >= 4 is 6.03 Å². The average molecular weight is 321 g/mol. The van der Waals surface area contributed by atoms with Gasteiger partial charge in [0.25, 0.3) is 0 Å². The summed E-state index contributed by atoms with van der Waals surface area (Å²) in [7, 11) is 1.68. The molecule has 2 aromatic rings. The molecule has 2 aromatic heterocycles. The molecule has 0 fully saturated rings. The SMILES string of the molecule is CCc1nc(CN(C)C(=O)N[C@H](C)c2nncn2C(C)C)no1. The zero-order chi connectivity index (χ0) is 17.0. The van der Waals surface area contributed by atoms with E-state index in [2.05, 4.69) is 25.7 Å². The van der Waals surface area contributed by atoms with Crippen molar-refractivity contribution < 1.29 is 9.32 Å². The highest BCUT2D eigenvalue weighted by Crippen LogP contribution is 2.14. The second kappa shape index (κ2) is 7.21. The highest BCUT2D eigenvalue weighted by molar-refractivity contribution is 5.74. The number of rotatable bonds is 6. The van der Waals surface area contributed by atoms with Crippen molar-refractivity contribution in [3.63, 3.8) is 0 Å². The zero-order valence-corrected chi connectivity index (χ0v) is 14.1. The molecule has 2 rings (SSSR count). The molecular weight excluding hydrogens is 298 g/mol. The molecule has 0 aromatic carbocycles. The van der Waals surface area contributed by atoms with Crippen molar-refractivity contribution in [1.82, 2.24) is 35.1 Å². The van der Waals surface area contributed by atoms with Gasteiger partial charge in [-0.2, -0.15) is 4.98 Å². The van der Waals surface area contributed by atoms with Crippen LogP contribution in [0.2, 0.25) is 0 Å². The molecule has 0 saturated carbocycles. The van der Waals surface area contributed by atoms with Gasteiger partial charge in [0.1, 0.15) is 6.33 Å². The van der Waals surface area contributed by atoms with Crippen LogP contribution in [0, 0.1) is 0 Å². The highest BCUT2D eigenvalue weighted by Gasteiger charge is 2.20. The van der Waals surface area contributed by atoms with E-state index in [0.717, 1.165) is 5.82 Å². The molecule has 9 nitrogen and oxygen atoms in total. The van der Waals surface area contributed by atoms with E-state index < -0.39 is 0 Å². The van der Waals surface area contributed by atoms with Crippen molar-refractivity contribution in [3.8, 4) is 0 Å². The van der Waals surface area contributed by atoms with Crippen molar-refractivity contribution in [2.24, 2.45) is 0 Å². The topological polar surface area (TPSA) is 102 Å². The van der Waals surface area contributed by atoms with Gasteiger partial charge in [-0.15, -0.1) is 10.2 Å². The van der Waals surface area contributed by atoms with Crippen LogP contribution in [0.4, 0.5) is 4.79 Å². The monoisotopic (exact) mass is 321 g/mol. The van der Waals surface area contributed by atoms with Crippen LogP contribution in [-0.2, 0) is 13.0 Å². The summed E-state index contributed by atoms with van der Waals surface area (Å²) in [6.07, 6.45) is 2.34. The molecule has 0 radical (unpaired) electrons. The molecule has 1 N–H and O–H groups in total. The third-order valence-electron chi connectivity index (χ3n) is 3.42. The van der Waals surface area contributed by atoms with Crippen LogP contribution in [0.25, 0.3) is 0 Å². The van der Waals surface area contributed by atoms with Crippen LogP contribution in [0.1, 0.15) is 57.3 Å². The first-order valence-corrected chi connectivity index (χ1v) is 7.64. The lowest BCUT2D eigenvalue weighted by atomic mass is 10.3. The molecule has 9 heteroatoms. The molecule has 126 valence electrons. The Kier molecular flexibility index (Phi) is 5.30. The maximum absolute atomic E-state index is 12.3. The molecule has 1 atom stereocenters. The Balaban J connectivity index is 1.96. The van der Waals surface area contributed by atoms with Crippen LogP contribution >= 0.6 is 0 Å². The van der Waals surface area contributed by atoms with Gasteiger partial charge in [-0.3, -0.25) is 0 Å². The smallest absolute Gasteiger partial charge is 0.318 e. The minimum Gasteiger partial charge on any atom is -0.339 e. The number of amides is 2. The maximum atomic E-state index is 12.3. The van der Waals surface area contributed by atoms with Gasteiger partial charge in [-0.1, -0.05) is 12.1 Å². The Hall–Kier alpha value is -2.45. The lowest BCUT2D eigenvalue weighted by Crippen LogP contribution is -2.39. The number of hydrogen-bond acceptors (Lipinski definition) is 6. The van der Waals surface area contributed by atoms with Crippen LogP contribution in [0.15, 0.2) is 10.9 Å². The number of nitrogens with zero attached hydrogens (tertiary/aromatic N) is 6. The van der Waals surface area contributed by atoms with Gasteiger partial charge in [-0.05, 0) is 20.8 Å². The lowest BCUT2D eigenvalue weighted by Gasteiger charge is -2.21. The quantitative estimate of drug-likeness (QED) is 0.869. The third kappa shape index (κ3) is 4.05. The van der Waals surface area contributed by atoms with E-state index in [1.165, 1.54) is 4.90 Å². The summed E-state index contributed by atoms with van der Waals surface area (Å²) < 4.78 is 6.96. The standard InChI is InChI=1S/C14H23N7O2/c1-6-12-17-11(19-23-12)7-20(5)14(22)16-10(4)13-18-15-8-21(13)9(2)3/h8-10H,6-7H2,1-5H3,(H,16,22)/t10-/m1/s1. The molecule has 23 heavy (non-hydrogen) atoms. The largest absolute Gasteiger partial charge is 0.339 e. The summed E-state index contributed by atoms with van der Waals surface area (Å²) in [5.41, 5.74) is 0. The first-order valence-electron chi connectivity index (χ1n) is 7.64. The van der Waals surface area contributed by atoms with Crippen molar-refractivity contribution in [1.29, 1.82) is 0 Å². The van der Waals surface area contributed by atoms with E-state index in [0.29, 0.717) is 18.1 Å². The van der Waals surface area contributed by atoms with Crippen molar-refractivity contribution in [2.45, 2.75) is 52.7 Å². The molecule has 0 aliphatic rings. The second-order valence-corrected chi connectivity index (χ2v) is 5.68. The summed E-state index contributed by atoms with van der Waals surface area (Å²) in [5, 5.41) is 14.7. The average Bonchev–Trinajstić information content (AvgIpc) is 3.15. The van der Waals surface area contributed by atoms with Crippen molar-refractivity contribution in [2.75, 3.05) is 7.05 Å². The van der Waals surface area contributed by atoms with Crippen molar-refractivity contribution in [3.05, 3.63) is 23.9 Å². The number of aryl methyl sites for hydroxylation is 1. The minimum atomic E-state index is -0.258. The summed E-state index contributed by atoms with van der Waals surface area (Å²) in [5.74, 6) is 1.76. The Labute approximate surface area is 135 Å². The van der Waals surface area contributed by atoms with E-state index >= 15 is 0 Å². The van der Waals surface area contributed by atoms with Crippen LogP contribution in [0.5, 0.6) is 0 Å². The molecule has 2 heterocycles. The Morgan fingerprint density at radius 3 is 2.78 bits per heavy atom. The molecule has 2 amide bonds. The summed E-state index contributed by atoms with van der Waals surface area (Å²) in [6, 6.07) is -0.270. The van der Waals surface area contributed by atoms with Gasteiger partial charge in [0, 0.05) is 19.5 Å². The van der Waals surface area contributed by atoms with Crippen LogP contribution in [0.3, 0.4) is 0 Å². The van der Waals surface area contributed by atoms with Gasteiger partial charge in [-0.25, -0.2) is 4.79 Å². The maximum Gasteiger partial charge on any atom is 0.318 e. The van der Waals surface area contributed by atoms with Gasteiger partial charge in [0.2, 0.25) is 5.89 Å². The predicted octanol–water partition coefficient (Wildman–Crippen LogP) is 1.71. The summed E-state index contributed by atoms with van der Waals surface area (Å²) >= 11 is 0. The van der Waals surface area contributed by atoms with E-state index in [1.54, 1.807) is 13.4 Å². The second-order valence-electron chi connectivity index (χ2n) is 5.68. The number of hydrogen-bond donors (Lipinski definition) is 1. The number of carbonyl (C=O) groups is 1. The Morgan fingerprint density at radius 1 is 1.43 bits per heavy atom. The fourth-order valence-electron chi connectivity index (χ4n) is 2.10. The van der Waals surface area contributed by atoms with E-state index in [4.69, 9.17) is 4.52 Å². The Bertz CT molecular complexity index is 649. The van der Waals surface area contributed by atoms with E-state index in [9.17, 15) is 4.79 Å². The first-order chi connectivity index (χ1) is 10.9. The lowest BCUT2D eigenvalue weighted by molar-refractivity contribution is 0.201. The first kappa shape index (κ1) is 16.9. The van der Waals surface area contributed by atoms with E-state index in [-0.39, 0.29) is 24.7 Å².